The molecule has 6 rings (SSSR count). The Kier molecular flexibility index (Phi) is 8.51. The maximum atomic E-state index is 13.6. The zero-order chi connectivity index (χ0) is 30.6. The lowest BCUT2D eigenvalue weighted by molar-refractivity contribution is -0.148. The fourth-order valence-electron chi connectivity index (χ4n) is 9.45. The number of likely N-dealkylation sites (tertiary alicyclic amines) is 2. The van der Waals surface area contributed by atoms with Crippen LogP contribution in [0.5, 0.6) is 0 Å². The summed E-state index contributed by atoms with van der Waals surface area (Å²) in [6.45, 7) is 6.07. The molecule has 0 aromatic heterocycles. The summed E-state index contributed by atoms with van der Waals surface area (Å²) in [5, 5.41) is 0. The van der Waals surface area contributed by atoms with Crippen molar-refractivity contribution in [1.29, 1.82) is 0 Å². The quantitative estimate of drug-likeness (QED) is 0.321. The van der Waals surface area contributed by atoms with Crippen LogP contribution in [0.15, 0.2) is 12.2 Å². The van der Waals surface area contributed by atoms with Gasteiger partial charge in [-0.05, 0) is 114 Å². The van der Waals surface area contributed by atoms with Crippen molar-refractivity contribution in [2.75, 3.05) is 0 Å². The minimum atomic E-state index is -0.384. The highest BCUT2D eigenvalue weighted by atomic mass is 16.2. The molecule has 0 aromatic carbocycles. The van der Waals surface area contributed by atoms with Gasteiger partial charge in [-0.3, -0.25) is 38.6 Å². The first-order valence-electron chi connectivity index (χ1n) is 17.0. The molecule has 2 saturated heterocycles. The molecule has 0 aromatic rings. The molecule has 4 amide bonds. The van der Waals surface area contributed by atoms with Crippen molar-refractivity contribution < 1.29 is 28.8 Å². The van der Waals surface area contributed by atoms with Crippen LogP contribution < -0.4 is 0 Å². The van der Waals surface area contributed by atoms with E-state index in [1.165, 1.54) is 9.80 Å². The molecular weight excluding hydrogens is 544 g/mol. The van der Waals surface area contributed by atoms with Crippen LogP contribution in [0.3, 0.4) is 0 Å². The molecule has 4 aliphatic carbocycles. The Morgan fingerprint density at radius 2 is 1.09 bits per heavy atom. The highest BCUT2D eigenvalue weighted by Gasteiger charge is 2.55. The van der Waals surface area contributed by atoms with Gasteiger partial charge in [0.1, 0.15) is 5.78 Å². The first-order valence-corrected chi connectivity index (χ1v) is 17.0. The fraction of sp³-hybridized carbons (Fsp3) is 0.771. The van der Waals surface area contributed by atoms with Crippen LogP contribution in [-0.2, 0) is 28.8 Å². The molecular formula is C35H48N2O6. The number of Topliss-reactive ketones (excluding diaryl/α,β-unsaturated/α-hetero) is 1. The molecule has 8 nitrogen and oxygen atoms in total. The zero-order valence-electron chi connectivity index (χ0n) is 26.0. The van der Waals surface area contributed by atoms with Crippen LogP contribution in [0, 0.1) is 53.3 Å². The van der Waals surface area contributed by atoms with Crippen LogP contribution in [0.1, 0.15) is 104 Å². The second kappa shape index (κ2) is 12.0. The molecule has 6 aliphatic rings. The first kappa shape index (κ1) is 30.4. The van der Waals surface area contributed by atoms with Crippen molar-refractivity contribution in [3.8, 4) is 0 Å². The van der Waals surface area contributed by atoms with Gasteiger partial charge in [-0.25, -0.2) is 0 Å². The van der Waals surface area contributed by atoms with E-state index in [0.717, 1.165) is 25.7 Å². The van der Waals surface area contributed by atoms with Gasteiger partial charge in [0.15, 0.2) is 5.78 Å². The zero-order valence-corrected chi connectivity index (χ0v) is 26.0. The molecule has 0 N–H and O–H groups in total. The van der Waals surface area contributed by atoms with Gasteiger partial charge < -0.3 is 0 Å². The number of amides is 4. The number of rotatable bonds is 6. The number of ketones is 2. The summed E-state index contributed by atoms with van der Waals surface area (Å²) in [7, 11) is 0. The second-order valence-electron chi connectivity index (χ2n) is 14.9. The van der Waals surface area contributed by atoms with Gasteiger partial charge in [-0.15, -0.1) is 0 Å². The normalized spacial score (nSPS) is 42.0. The lowest BCUT2D eigenvalue weighted by Gasteiger charge is -2.37. The summed E-state index contributed by atoms with van der Waals surface area (Å²) in [5.41, 5.74) is 0. The molecule has 0 radical (unpaired) electrons. The highest BCUT2D eigenvalue weighted by molar-refractivity contribution is 6.06. The monoisotopic (exact) mass is 592 g/mol. The van der Waals surface area contributed by atoms with Crippen LogP contribution in [-0.4, -0.2) is 57.1 Å². The minimum absolute atomic E-state index is 0.0584. The molecule has 8 heteroatoms. The SMILES string of the molecule is CC(=O)C1CCC2C(=O)N(C3CCC(N4C(=O)C5CCC(C=CC(=O)C6CCC(C)C(C)C6)CC5C4=O)CC3)C(=O)C2C1. The molecule has 9 unspecified atom stereocenters. The van der Waals surface area contributed by atoms with Crippen LogP contribution in [0.25, 0.3) is 0 Å². The lowest BCUT2D eigenvalue weighted by atomic mass is 9.73. The predicted octanol–water partition coefficient (Wildman–Crippen LogP) is 4.89. The van der Waals surface area contributed by atoms with Crippen LogP contribution in [0.2, 0.25) is 0 Å². The van der Waals surface area contributed by atoms with Gasteiger partial charge in [0, 0.05) is 23.9 Å². The molecule has 6 fully saturated rings. The summed E-state index contributed by atoms with van der Waals surface area (Å²) in [6.07, 6.45) is 13.0. The van der Waals surface area contributed by atoms with E-state index in [4.69, 9.17) is 0 Å². The van der Waals surface area contributed by atoms with Gasteiger partial charge in [0.05, 0.1) is 23.7 Å². The Morgan fingerprint density at radius 3 is 1.65 bits per heavy atom. The molecule has 4 saturated carbocycles. The first-order chi connectivity index (χ1) is 20.5. The molecule has 0 bridgehead atoms. The average molecular weight is 593 g/mol. The molecule has 9 atom stereocenters. The Morgan fingerprint density at radius 1 is 0.581 bits per heavy atom. The highest BCUT2D eigenvalue weighted by Crippen LogP contribution is 2.46. The standard InChI is InChI=1S/C35H48N2O6/c1-19-4-7-24(16-20(19)2)31(39)15-6-22-5-13-27-29(17-22)34(42)36(32(27)40)25-9-11-26(12-10-25)37-33(41)28-14-8-23(21(3)38)18-30(28)35(37)43/h6,15,19-20,22-30H,4-5,7-14,16-18H2,1-3H3. The predicted molar refractivity (Wildman–Crippen MR) is 159 cm³/mol. The molecule has 2 heterocycles. The number of carbonyl (C=O) groups excluding carboxylic acids is 6. The van der Waals surface area contributed by atoms with Gasteiger partial charge in [0.2, 0.25) is 23.6 Å². The number of hydrogen-bond acceptors (Lipinski definition) is 6. The minimum Gasteiger partial charge on any atom is -0.300 e. The Hall–Kier alpha value is -2.64. The van der Waals surface area contributed by atoms with Crippen LogP contribution >= 0.6 is 0 Å². The van der Waals surface area contributed by atoms with E-state index in [2.05, 4.69) is 13.8 Å². The Labute approximate surface area is 255 Å². The van der Waals surface area contributed by atoms with E-state index < -0.39 is 0 Å². The number of nitrogens with zero attached hydrogens (tertiary/aromatic N) is 2. The van der Waals surface area contributed by atoms with E-state index in [-0.39, 0.29) is 88.7 Å². The van der Waals surface area contributed by atoms with E-state index in [9.17, 15) is 28.8 Å². The molecule has 234 valence electrons. The molecule has 43 heavy (non-hydrogen) atoms. The maximum Gasteiger partial charge on any atom is 0.233 e. The van der Waals surface area contributed by atoms with Crippen molar-refractivity contribution in [3.63, 3.8) is 0 Å². The van der Waals surface area contributed by atoms with Crippen molar-refractivity contribution in [1.82, 2.24) is 9.80 Å². The van der Waals surface area contributed by atoms with Gasteiger partial charge in [-0.2, -0.15) is 0 Å². The molecule has 0 spiro atoms. The van der Waals surface area contributed by atoms with Crippen molar-refractivity contribution >= 4 is 35.2 Å². The van der Waals surface area contributed by atoms with Gasteiger partial charge in [-0.1, -0.05) is 19.9 Å². The number of imide groups is 2. The summed E-state index contributed by atoms with van der Waals surface area (Å²) < 4.78 is 0. The van der Waals surface area contributed by atoms with Crippen molar-refractivity contribution in [2.24, 2.45) is 53.3 Å². The summed E-state index contributed by atoms with van der Waals surface area (Å²) in [5.74, 6) is 0.0000697. The topological polar surface area (TPSA) is 109 Å². The largest absolute Gasteiger partial charge is 0.300 e. The average Bonchev–Trinajstić information content (AvgIpc) is 3.40. The number of carbonyl (C=O) groups is 6. The summed E-state index contributed by atoms with van der Waals surface area (Å²) >= 11 is 0. The number of allylic oxidation sites excluding steroid dienone is 2. The fourth-order valence-corrected chi connectivity index (χ4v) is 9.45. The van der Waals surface area contributed by atoms with Crippen molar-refractivity contribution in [3.05, 3.63) is 12.2 Å². The van der Waals surface area contributed by atoms with E-state index in [1.54, 1.807) is 13.0 Å². The summed E-state index contributed by atoms with van der Waals surface area (Å²) in [4.78, 5) is 81.5. The van der Waals surface area contributed by atoms with Crippen molar-refractivity contribution in [2.45, 2.75) is 116 Å². The molecule has 2 aliphatic heterocycles. The third-order valence-corrected chi connectivity index (χ3v) is 12.5. The van der Waals surface area contributed by atoms with E-state index >= 15 is 0 Å². The van der Waals surface area contributed by atoms with Gasteiger partial charge >= 0.3 is 0 Å². The van der Waals surface area contributed by atoms with Crippen LogP contribution in [0.4, 0.5) is 0 Å². The summed E-state index contributed by atoms with van der Waals surface area (Å²) in [6, 6.07) is -0.389. The van der Waals surface area contributed by atoms with Gasteiger partial charge in [0.25, 0.3) is 0 Å². The van der Waals surface area contributed by atoms with E-state index in [0.29, 0.717) is 69.6 Å². The Bertz CT molecular complexity index is 1220. The third-order valence-electron chi connectivity index (χ3n) is 12.5. The second-order valence-corrected chi connectivity index (χ2v) is 14.9. The Balaban J connectivity index is 1.03. The lowest BCUT2D eigenvalue weighted by Crippen LogP contribution is -2.48. The smallest absolute Gasteiger partial charge is 0.233 e. The number of fused-ring (bicyclic) bond motifs is 2. The third kappa shape index (κ3) is 5.56. The maximum absolute atomic E-state index is 13.6. The number of hydrogen-bond donors (Lipinski definition) is 0. The van der Waals surface area contributed by atoms with E-state index in [1.807, 2.05) is 6.08 Å².